The Bertz CT molecular complexity index is 533. The number of rotatable bonds is 4. The summed E-state index contributed by atoms with van der Waals surface area (Å²) in [5.74, 6) is 0.797. The minimum absolute atomic E-state index is 0.790. The Morgan fingerprint density at radius 3 is 3.00 bits per heavy atom. The Kier molecular flexibility index (Phi) is 3.58. The predicted molar refractivity (Wildman–Crippen MR) is 69.5 cm³/mol. The van der Waals surface area contributed by atoms with Gasteiger partial charge in [-0.2, -0.15) is 4.68 Å². The van der Waals surface area contributed by atoms with E-state index in [1.54, 1.807) is 16.4 Å². The van der Waals surface area contributed by atoms with E-state index in [1.165, 1.54) is 11.1 Å². The lowest BCUT2D eigenvalue weighted by atomic mass is 10.1. The molecule has 0 saturated heterocycles. The molecule has 17 heavy (non-hydrogen) atoms. The molecule has 0 aliphatic carbocycles. The van der Waals surface area contributed by atoms with Crippen LogP contribution in [0.3, 0.4) is 0 Å². The molecule has 0 aliphatic rings. The Labute approximate surface area is 105 Å². The van der Waals surface area contributed by atoms with E-state index >= 15 is 0 Å². The summed E-state index contributed by atoms with van der Waals surface area (Å²) in [5.41, 5.74) is 3.46. The van der Waals surface area contributed by atoms with Gasteiger partial charge >= 0.3 is 0 Å². The maximum absolute atomic E-state index is 4.04. The average Bonchev–Trinajstić information content (AvgIpc) is 2.78. The fourth-order valence-electron chi connectivity index (χ4n) is 1.52. The topological polar surface area (TPSA) is 43.6 Å². The van der Waals surface area contributed by atoms with Gasteiger partial charge in [-0.3, -0.25) is 0 Å². The lowest BCUT2D eigenvalue weighted by Gasteiger charge is -2.08. The molecule has 0 atom stereocenters. The van der Waals surface area contributed by atoms with Crippen molar-refractivity contribution in [3.63, 3.8) is 0 Å². The molecule has 0 fully saturated rings. The molecule has 0 bridgehead atoms. The van der Waals surface area contributed by atoms with Gasteiger partial charge in [-0.05, 0) is 41.5 Å². The van der Waals surface area contributed by atoms with Gasteiger partial charge in [0.2, 0.25) is 5.16 Å². The van der Waals surface area contributed by atoms with E-state index in [9.17, 15) is 0 Å². The average molecular weight is 246 g/mol. The highest BCUT2D eigenvalue weighted by atomic mass is 32.2. The van der Waals surface area contributed by atoms with Crippen molar-refractivity contribution in [1.82, 2.24) is 20.2 Å². The third kappa shape index (κ3) is 2.39. The van der Waals surface area contributed by atoms with Crippen LogP contribution in [0, 0.1) is 13.8 Å². The van der Waals surface area contributed by atoms with Crippen LogP contribution in [-0.2, 0) is 0 Å². The second-order valence-corrected chi connectivity index (χ2v) is 4.68. The van der Waals surface area contributed by atoms with Crippen molar-refractivity contribution in [2.75, 3.05) is 5.75 Å². The molecular formula is C12H14N4S. The summed E-state index contributed by atoms with van der Waals surface area (Å²) in [4.78, 5) is 0. The van der Waals surface area contributed by atoms with Crippen LogP contribution >= 0.6 is 11.8 Å². The summed E-state index contributed by atoms with van der Waals surface area (Å²) in [6.45, 7) is 7.86. The minimum Gasteiger partial charge on any atom is -0.187 e. The number of aryl methyl sites for hydroxylation is 1. The molecule has 0 spiro atoms. The third-order valence-electron chi connectivity index (χ3n) is 2.58. The summed E-state index contributed by atoms with van der Waals surface area (Å²) >= 11 is 1.57. The van der Waals surface area contributed by atoms with Crippen molar-refractivity contribution in [2.45, 2.75) is 19.0 Å². The molecule has 0 unspecified atom stereocenters. The number of hydrogen-bond acceptors (Lipinski definition) is 4. The largest absolute Gasteiger partial charge is 0.214 e. The zero-order valence-corrected chi connectivity index (χ0v) is 10.7. The molecule has 5 heteroatoms. The van der Waals surface area contributed by atoms with Crippen LogP contribution < -0.4 is 0 Å². The van der Waals surface area contributed by atoms with Crippen LogP contribution in [0.15, 0.2) is 36.0 Å². The Hall–Kier alpha value is -1.62. The smallest absolute Gasteiger partial charge is 0.187 e. The van der Waals surface area contributed by atoms with E-state index in [-0.39, 0.29) is 0 Å². The highest BCUT2D eigenvalue weighted by molar-refractivity contribution is 7.99. The summed E-state index contributed by atoms with van der Waals surface area (Å²) in [5, 5.41) is 12.6. The molecule has 0 amide bonds. The first kappa shape index (κ1) is 11.9. The number of nitrogens with zero attached hydrogens (tertiary/aromatic N) is 4. The highest BCUT2D eigenvalue weighted by Crippen LogP contribution is 2.22. The summed E-state index contributed by atoms with van der Waals surface area (Å²) < 4.78 is 1.77. The van der Waals surface area contributed by atoms with Gasteiger partial charge in [0.1, 0.15) is 0 Å². The van der Waals surface area contributed by atoms with Crippen molar-refractivity contribution in [2.24, 2.45) is 0 Å². The fraction of sp³-hybridized carbons (Fsp3) is 0.250. The highest BCUT2D eigenvalue weighted by Gasteiger charge is 2.10. The maximum Gasteiger partial charge on any atom is 0.214 e. The summed E-state index contributed by atoms with van der Waals surface area (Å²) in [6.07, 6.45) is 1.84. The van der Waals surface area contributed by atoms with Crippen molar-refractivity contribution < 1.29 is 0 Å². The molecule has 2 aromatic rings. The van der Waals surface area contributed by atoms with Crippen molar-refractivity contribution >= 4 is 11.8 Å². The van der Waals surface area contributed by atoms with Gasteiger partial charge in [0.25, 0.3) is 0 Å². The van der Waals surface area contributed by atoms with Crippen LogP contribution in [-0.4, -0.2) is 26.0 Å². The predicted octanol–water partition coefficient (Wildman–Crippen LogP) is 2.56. The fourth-order valence-corrected chi connectivity index (χ4v) is 2.14. The van der Waals surface area contributed by atoms with Gasteiger partial charge in [0.05, 0.1) is 5.69 Å². The molecule has 88 valence electrons. The van der Waals surface area contributed by atoms with E-state index in [0.717, 1.165) is 16.6 Å². The third-order valence-corrected chi connectivity index (χ3v) is 3.49. The maximum atomic E-state index is 4.04. The van der Waals surface area contributed by atoms with Gasteiger partial charge in [-0.25, -0.2) is 0 Å². The first-order valence-electron chi connectivity index (χ1n) is 5.32. The van der Waals surface area contributed by atoms with Gasteiger partial charge in [0, 0.05) is 5.75 Å². The molecule has 0 radical (unpaired) electrons. The van der Waals surface area contributed by atoms with E-state index in [2.05, 4.69) is 42.0 Å². The van der Waals surface area contributed by atoms with Crippen LogP contribution in [0.5, 0.6) is 0 Å². The Balaban J connectivity index is 2.42. The van der Waals surface area contributed by atoms with E-state index in [4.69, 9.17) is 0 Å². The van der Waals surface area contributed by atoms with Crippen molar-refractivity contribution in [3.8, 4) is 5.69 Å². The molecule has 1 heterocycles. The van der Waals surface area contributed by atoms with Crippen LogP contribution in [0.25, 0.3) is 5.69 Å². The molecule has 1 aromatic carbocycles. The lowest BCUT2D eigenvalue weighted by molar-refractivity contribution is 0.751. The van der Waals surface area contributed by atoms with E-state index < -0.39 is 0 Å². The zero-order chi connectivity index (χ0) is 12.3. The molecule has 1 aromatic heterocycles. The van der Waals surface area contributed by atoms with Gasteiger partial charge in [0.15, 0.2) is 0 Å². The molecular weight excluding hydrogens is 232 g/mol. The first-order chi connectivity index (χ1) is 8.24. The van der Waals surface area contributed by atoms with Gasteiger partial charge in [-0.15, -0.1) is 11.7 Å². The quantitative estimate of drug-likeness (QED) is 0.614. The number of tetrazole rings is 1. The second kappa shape index (κ2) is 5.14. The van der Waals surface area contributed by atoms with Crippen LogP contribution in [0.1, 0.15) is 11.1 Å². The van der Waals surface area contributed by atoms with Crippen LogP contribution in [0.2, 0.25) is 0 Å². The Morgan fingerprint density at radius 1 is 1.41 bits per heavy atom. The SMILES string of the molecule is C=CCSc1nnnn1-c1cccc(C)c1C. The number of thioether (sulfide) groups is 1. The lowest BCUT2D eigenvalue weighted by Crippen LogP contribution is -2.02. The second-order valence-electron chi connectivity index (χ2n) is 3.69. The Morgan fingerprint density at radius 2 is 2.24 bits per heavy atom. The molecule has 0 saturated carbocycles. The van der Waals surface area contributed by atoms with Crippen LogP contribution in [0.4, 0.5) is 0 Å². The van der Waals surface area contributed by atoms with Crippen molar-refractivity contribution in [1.29, 1.82) is 0 Å². The monoisotopic (exact) mass is 246 g/mol. The van der Waals surface area contributed by atoms with E-state index in [0.29, 0.717) is 0 Å². The number of hydrogen-bond donors (Lipinski definition) is 0. The molecule has 0 N–H and O–H groups in total. The number of aromatic nitrogens is 4. The van der Waals surface area contributed by atoms with Gasteiger partial charge in [-0.1, -0.05) is 30.0 Å². The molecule has 4 nitrogen and oxygen atoms in total. The summed E-state index contributed by atoms with van der Waals surface area (Å²) in [7, 11) is 0. The van der Waals surface area contributed by atoms with E-state index in [1.807, 2.05) is 18.2 Å². The zero-order valence-electron chi connectivity index (χ0n) is 9.92. The standard InChI is InChI=1S/C12H14N4S/c1-4-8-17-12-13-14-15-16(12)11-7-5-6-9(2)10(11)3/h4-7H,1,8H2,2-3H3. The molecule has 2 rings (SSSR count). The minimum atomic E-state index is 0.790. The number of benzene rings is 1. The normalized spacial score (nSPS) is 10.5. The molecule has 0 aliphatic heterocycles. The first-order valence-corrected chi connectivity index (χ1v) is 6.31. The van der Waals surface area contributed by atoms with Gasteiger partial charge < -0.3 is 0 Å². The summed E-state index contributed by atoms with van der Waals surface area (Å²) in [6, 6.07) is 6.12. The van der Waals surface area contributed by atoms with Crippen molar-refractivity contribution in [3.05, 3.63) is 42.0 Å².